The van der Waals surface area contributed by atoms with Gasteiger partial charge in [-0.2, -0.15) is 0 Å². The Morgan fingerprint density at radius 2 is 2.20 bits per heavy atom. The molecule has 0 amide bonds. The average molecular weight is 336 g/mol. The number of ether oxygens (including phenoxy) is 2. The molecule has 1 aliphatic carbocycles. The molecule has 20 heavy (non-hydrogen) atoms. The SMILES string of the molecule is CCOC(=O)c1cc(OC2CC2)c2ncc(Br)cc2c1. The maximum atomic E-state index is 11.9. The van der Waals surface area contributed by atoms with Crippen LogP contribution in [0, 0.1) is 0 Å². The van der Waals surface area contributed by atoms with Gasteiger partial charge < -0.3 is 9.47 Å². The standard InChI is InChI=1S/C15H14BrNO3/c1-2-19-15(18)10-5-9-6-11(16)8-17-14(9)13(7-10)20-12-3-4-12/h5-8,12H,2-4H2,1H3. The lowest BCUT2D eigenvalue weighted by Gasteiger charge is -2.10. The maximum absolute atomic E-state index is 11.9. The molecule has 1 heterocycles. The van der Waals surface area contributed by atoms with Crippen molar-refractivity contribution >= 4 is 32.8 Å². The van der Waals surface area contributed by atoms with E-state index in [1.54, 1.807) is 25.3 Å². The molecule has 0 atom stereocenters. The molecule has 1 saturated carbocycles. The molecule has 0 aliphatic heterocycles. The molecule has 2 aromatic rings. The zero-order chi connectivity index (χ0) is 14.1. The number of aromatic nitrogens is 1. The van der Waals surface area contributed by atoms with Gasteiger partial charge in [-0.15, -0.1) is 0 Å². The predicted octanol–water partition coefficient (Wildman–Crippen LogP) is 3.72. The van der Waals surface area contributed by atoms with Crippen molar-refractivity contribution in [2.24, 2.45) is 0 Å². The number of benzene rings is 1. The van der Waals surface area contributed by atoms with Crippen molar-refractivity contribution in [2.75, 3.05) is 6.61 Å². The van der Waals surface area contributed by atoms with Gasteiger partial charge in [-0.3, -0.25) is 4.98 Å². The van der Waals surface area contributed by atoms with Gasteiger partial charge in [0.05, 0.1) is 18.3 Å². The zero-order valence-corrected chi connectivity index (χ0v) is 12.6. The molecule has 104 valence electrons. The summed E-state index contributed by atoms with van der Waals surface area (Å²) >= 11 is 3.39. The van der Waals surface area contributed by atoms with Crippen molar-refractivity contribution in [2.45, 2.75) is 25.9 Å². The fourth-order valence-electron chi connectivity index (χ4n) is 1.98. The number of halogens is 1. The smallest absolute Gasteiger partial charge is 0.338 e. The van der Waals surface area contributed by atoms with Gasteiger partial charge in [0.15, 0.2) is 0 Å². The highest BCUT2D eigenvalue weighted by Gasteiger charge is 2.25. The third-order valence-corrected chi connectivity index (χ3v) is 3.48. The molecule has 0 bridgehead atoms. The number of carbonyl (C=O) groups excluding carboxylic acids is 1. The first-order valence-electron chi connectivity index (χ1n) is 6.60. The molecule has 1 aromatic heterocycles. The van der Waals surface area contributed by atoms with Crippen LogP contribution >= 0.6 is 15.9 Å². The molecular formula is C15H14BrNO3. The second-order valence-electron chi connectivity index (χ2n) is 4.74. The Kier molecular flexibility index (Phi) is 3.61. The number of esters is 1. The number of rotatable bonds is 4. The van der Waals surface area contributed by atoms with E-state index < -0.39 is 0 Å². The first-order valence-corrected chi connectivity index (χ1v) is 7.39. The summed E-state index contributed by atoms with van der Waals surface area (Å²) < 4.78 is 11.8. The second kappa shape index (κ2) is 5.40. The minimum atomic E-state index is -0.338. The summed E-state index contributed by atoms with van der Waals surface area (Å²) in [4.78, 5) is 16.3. The molecule has 4 nitrogen and oxygen atoms in total. The van der Waals surface area contributed by atoms with Crippen LogP contribution in [0.5, 0.6) is 5.75 Å². The van der Waals surface area contributed by atoms with E-state index in [9.17, 15) is 4.79 Å². The first-order chi connectivity index (χ1) is 9.67. The lowest BCUT2D eigenvalue weighted by atomic mass is 10.1. The van der Waals surface area contributed by atoms with Crippen LogP contribution in [0.25, 0.3) is 10.9 Å². The Balaban J connectivity index is 2.09. The van der Waals surface area contributed by atoms with E-state index in [-0.39, 0.29) is 12.1 Å². The van der Waals surface area contributed by atoms with Crippen LogP contribution in [0.15, 0.2) is 28.9 Å². The van der Waals surface area contributed by atoms with Gasteiger partial charge in [-0.1, -0.05) is 0 Å². The van der Waals surface area contributed by atoms with Gasteiger partial charge >= 0.3 is 5.97 Å². The number of nitrogens with zero attached hydrogens (tertiary/aromatic N) is 1. The number of fused-ring (bicyclic) bond motifs is 1. The van der Waals surface area contributed by atoms with Gasteiger partial charge in [-0.05, 0) is 53.9 Å². The highest BCUT2D eigenvalue weighted by atomic mass is 79.9. The fourth-order valence-corrected chi connectivity index (χ4v) is 2.33. The Morgan fingerprint density at radius 3 is 2.90 bits per heavy atom. The Morgan fingerprint density at radius 1 is 1.40 bits per heavy atom. The zero-order valence-electron chi connectivity index (χ0n) is 11.1. The van der Waals surface area contributed by atoms with Crippen molar-refractivity contribution in [3.05, 3.63) is 34.4 Å². The molecule has 0 radical (unpaired) electrons. The Bertz CT molecular complexity index is 667. The molecule has 3 rings (SSSR count). The van der Waals surface area contributed by atoms with Crippen molar-refractivity contribution in [1.82, 2.24) is 4.98 Å². The van der Waals surface area contributed by atoms with E-state index in [0.717, 1.165) is 28.2 Å². The van der Waals surface area contributed by atoms with Gasteiger partial charge in [0.2, 0.25) is 0 Å². The molecule has 0 unspecified atom stereocenters. The summed E-state index contributed by atoms with van der Waals surface area (Å²) in [5.74, 6) is 0.315. The van der Waals surface area contributed by atoms with E-state index in [0.29, 0.717) is 17.9 Å². The number of hydrogen-bond donors (Lipinski definition) is 0. The van der Waals surface area contributed by atoms with Crippen LogP contribution in [0.3, 0.4) is 0 Å². The van der Waals surface area contributed by atoms with Crippen molar-refractivity contribution in [3.8, 4) is 5.75 Å². The highest BCUT2D eigenvalue weighted by Crippen LogP contribution is 2.33. The average Bonchev–Trinajstić information content (AvgIpc) is 3.22. The second-order valence-corrected chi connectivity index (χ2v) is 5.65. The van der Waals surface area contributed by atoms with E-state index >= 15 is 0 Å². The summed E-state index contributed by atoms with van der Waals surface area (Å²) in [5.41, 5.74) is 1.27. The monoisotopic (exact) mass is 335 g/mol. The van der Waals surface area contributed by atoms with Crippen LogP contribution in [-0.4, -0.2) is 23.7 Å². The normalized spacial score (nSPS) is 14.3. The van der Waals surface area contributed by atoms with Gasteiger partial charge in [0.25, 0.3) is 0 Å². The van der Waals surface area contributed by atoms with Gasteiger partial charge in [0.1, 0.15) is 11.3 Å². The van der Waals surface area contributed by atoms with Crippen LogP contribution in [0.1, 0.15) is 30.1 Å². The Hall–Kier alpha value is -1.62. The lowest BCUT2D eigenvalue weighted by Crippen LogP contribution is -2.06. The van der Waals surface area contributed by atoms with Gasteiger partial charge in [0, 0.05) is 16.1 Å². The largest absolute Gasteiger partial charge is 0.488 e. The predicted molar refractivity (Wildman–Crippen MR) is 79.0 cm³/mol. The summed E-state index contributed by atoms with van der Waals surface area (Å²) in [6.45, 7) is 2.14. The third-order valence-electron chi connectivity index (χ3n) is 3.04. The molecular weight excluding hydrogens is 322 g/mol. The number of hydrogen-bond acceptors (Lipinski definition) is 4. The number of pyridine rings is 1. The highest BCUT2D eigenvalue weighted by molar-refractivity contribution is 9.10. The van der Waals surface area contributed by atoms with E-state index in [1.807, 2.05) is 6.07 Å². The fraction of sp³-hybridized carbons (Fsp3) is 0.333. The van der Waals surface area contributed by atoms with Crippen LogP contribution < -0.4 is 4.74 Å². The summed E-state index contributed by atoms with van der Waals surface area (Å²) in [7, 11) is 0. The Labute approximate surface area is 125 Å². The quantitative estimate of drug-likeness (QED) is 0.799. The lowest BCUT2D eigenvalue weighted by molar-refractivity contribution is 0.0526. The summed E-state index contributed by atoms with van der Waals surface area (Å²) in [6.07, 6.45) is 4.09. The van der Waals surface area contributed by atoms with Crippen LogP contribution in [0.4, 0.5) is 0 Å². The molecule has 1 fully saturated rings. The van der Waals surface area contributed by atoms with Crippen molar-refractivity contribution in [1.29, 1.82) is 0 Å². The third kappa shape index (κ3) is 2.77. The van der Waals surface area contributed by atoms with Crippen LogP contribution in [-0.2, 0) is 4.74 Å². The first kappa shape index (κ1) is 13.4. The van der Waals surface area contributed by atoms with E-state index in [4.69, 9.17) is 9.47 Å². The summed E-state index contributed by atoms with van der Waals surface area (Å²) in [6, 6.07) is 5.43. The van der Waals surface area contributed by atoms with Crippen LogP contribution in [0.2, 0.25) is 0 Å². The van der Waals surface area contributed by atoms with E-state index in [2.05, 4.69) is 20.9 Å². The van der Waals surface area contributed by atoms with Gasteiger partial charge in [-0.25, -0.2) is 4.79 Å². The molecule has 1 aromatic carbocycles. The topological polar surface area (TPSA) is 48.4 Å². The van der Waals surface area contributed by atoms with Crippen molar-refractivity contribution in [3.63, 3.8) is 0 Å². The summed E-state index contributed by atoms with van der Waals surface area (Å²) in [5, 5.41) is 0.862. The molecule has 0 N–H and O–H groups in total. The minimum absolute atomic E-state index is 0.251. The molecule has 0 spiro atoms. The van der Waals surface area contributed by atoms with E-state index in [1.165, 1.54) is 0 Å². The molecule has 5 heteroatoms. The minimum Gasteiger partial charge on any atom is -0.488 e. The molecule has 0 saturated heterocycles. The maximum Gasteiger partial charge on any atom is 0.338 e. The molecule has 1 aliphatic rings. The van der Waals surface area contributed by atoms with Crippen molar-refractivity contribution < 1.29 is 14.3 Å². The number of carbonyl (C=O) groups is 1.